The molecule has 13 heavy (non-hydrogen) atoms. The number of carbonyl (C=O) groups is 1. The molecule has 3 N–H and O–H groups in total. The highest BCUT2D eigenvalue weighted by molar-refractivity contribution is 5.73. The summed E-state index contributed by atoms with van der Waals surface area (Å²) in [6.07, 6.45) is 4.43. The fourth-order valence-electron chi connectivity index (χ4n) is 1.11. The van der Waals surface area contributed by atoms with Crippen LogP contribution in [0.4, 0.5) is 0 Å². The van der Waals surface area contributed by atoms with Crippen LogP contribution in [-0.4, -0.2) is 17.0 Å². The van der Waals surface area contributed by atoms with Gasteiger partial charge in [-0.05, 0) is 11.6 Å². The lowest BCUT2D eigenvalue weighted by Crippen LogP contribution is -2.21. The number of aryl methyl sites for hydroxylation is 1. The second-order valence-electron chi connectivity index (χ2n) is 3.08. The summed E-state index contributed by atoms with van der Waals surface area (Å²) < 4.78 is 1.99. The van der Waals surface area contributed by atoms with Crippen molar-refractivity contribution in [1.29, 1.82) is 0 Å². The smallest absolute Gasteiger partial charge is 0.218 e. The average molecular weight is 181 g/mol. The predicted molar refractivity (Wildman–Crippen MR) is 50.9 cm³/mol. The Hall–Kier alpha value is -1.29. The molecule has 1 rings (SSSR count). The highest BCUT2D eigenvalue weighted by Gasteiger charge is 1.95. The van der Waals surface area contributed by atoms with Gasteiger partial charge in [0.05, 0.1) is 0 Å². The molecule has 4 heteroatoms. The van der Waals surface area contributed by atoms with Crippen LogP contribution in [0.1, 0.15) is 12.0 Å². The highest BCUT2D eigenvalue weighted by Crippen LogP contribution is 1.97. The summed E-state index contributed by atoms with van der Waals surface area (Å²) in [5.74, 6) is -0.263. The van der Waals surface area contributed by atoms with Crippen molar-refractivity contribution in [1.82, 2.24) is 9.88 Å². The van der Waals surface area contributed by atoms with Crippen molar-refractivity contribution in [2.24, 2.45) is 12.8 Å². The minimum Gasteiger partial charge on any atom is -0.370 e. The Bertz CT molecular complexity index is 280. The predicted octanol–water partition coefficient (Wildman–Crippen LogP) is -0.00990. The van der Waals surface area contributed by atoms with E-state index in [1.165, 1.54) is 5.56 Å². The molecule has 0 spiro atoms. The lowest BCUT2D eigenvalue weighted by molar-refractivity contribution is -0.117. The summed E-state index contributed by atoms with van der Waals surface area (Å²) in [6.45, 7) is 1.43. The molecule has 1 aromatic heterocycles. The van der Waals surface area contributed by atoms with E-state index >= 15 is 0 Å². The summed E-state index contributed by atoms with van der Waals surface area (Å²) >= 11 is 0. The van der Waals surface area contributed by atoms with Gasteiger partial charge in [-0.1, -0.05) is 0 Å². The minimum atomic E-state index is -0.263. The van der Waals surface area contributed by atoms with E-state index in [0.717, 1.165) is 6.54 Å². The summed E-state index contributed by atoms with van der Waals surface area (Å²) in [4.78, 5) is 10.4. The Kier molecular flexibility index (Phi) is 3.52. The largest absolute Gasteiger partial charge is 0.370 e. The van der Waals surface area contributed by atoms with Crippen LogP contribution in [0.15, 0.2) is 18.5 Å². The second-order valence-corrected chi connectivity index (χ2v) is 3.08. The van der Waals surface area contributed by atoms with E-state index in [0.29, 0.717) is 13.0 Å². The van der Waals surface area contributed by atoms with Crippen molar-refractivity contribution in [3.8, 4) is 0 Å². The van der Waals surface area contributed by atoms with Crippen molar-refractivity contribution in [3.05, 3.63) is 24.0 Å². The molecular weight excluding hydrogens is 166 g/mol. The van der Waals surface area contributed by atoms with Crippen LogP contribution in [0.25, 0.3) is 0 Å². The number of nitrogens with zero attached hydrogens (tertiary/aromatic N) is 1. The van der Waals surface area contributed by atoms with Crippen LogP contribution >= 0.6 is 0 Å². The summed E-state index contributed by atoms with van der Waals surface area (Å²) in [6, 6.07) is 2.04. The van der Waals surface area contributed by atoms with Crippen LogP contribution in [0.5, 0.6) is 0 Å². The van der Waals surface area contributed by atoms with Gasteiger partial charge in [0.1, 0.15) is 0 Å². The van der Waals surface area contributed by atoms with Crippen LogP contribution in [0, 0.1) is 0 Å². The highest BCUT2D eigenvalue weighted by atomic mass is 16.1. The van der Waals surface area contributed by atoms with Crippen molar-refractivity contribution in [2.75, 3.05) is 6.54 Å². The van der Waals surface area contributed by atoms with E-state index in [9.17, 15) is 4.79 Å². The maximum atomic E-state index is 10.4. The number of hydrogen-bond acceptors (Lipinski definition) is 2. The topological polar surface area (TPSA) is 60.1 Å². The maximum Gasteiger partial charge on any atom is 0.218 e. The Morgan fingerprint density at radius 1 is 1.69 bits per heavy atom. The minimum absolute atomic E-state index is 0.263. The molecule has 0 aromatic carbocycles. The Morgan fingerprint density at radius 3 is 3.00 bits per heavy atom. The van der Waals surface area contributed by atoms with Gasteiger partial charge in [0.2, 0.25) is 5.91 Å². The average Bonchev–Trinajstić information content (AvgIpc) is 2.45. The summed E-state index contributed by atoms with van der Waals surface area (Å²) in [5.41, 5.74) is 6.21. The number of aromatic nitrogens is 1. The molecule has 0 radical (unpaired) electrons. The van der Waals surface area contributed by atoms with E-state index in [4.69, 9.17) is 5.73 Å². The molecule has 4 nitrogen and oxygen atoms in total. The van der Waals surface area contributed by atoms with Gasteiger partial charge in [-0.25, -0.2) is 0 Å². The zero-order valence-electron chi connectivity index (χ0n) is 7.79. The van der Waals surface area contributed by atoms with Crippen LogP contribution in [-0.2, 0) is 18.4 Å². The normalized spacial score (nSPS) is 10.2. The number of primary amides is 1. The lowest BCUT2D eigenvalue weighted by Gasteiger charge is -2.00. The van der Waals surface area contributed by atoms with Gasteiger partial charge in [-0.15, -0.1) is 0 Å². The fourth-order valence-corrected chi connectivity index (χ4v) is 1.11. The molecule has 1 amide bonds. The molecule has 0 aliphatic heterocycles. The van der Waals surface area contributed by atoms with E-state index in [1.54, 1.807) is 0 Å². The first-order chi connectivity index (χ1) is 6.18. The van der Waals surface area contributed by atoms with E-state index < -0.39 is 0 Å². The van der Waals surface area contributed by atoms with Crippen LogP contribution in [0.3, 0.4) is 0 Å². The molecule has 1 heterocycles. The first-order valence-corrected chi connectivity index (χ1v) is 4.28. The summed E-state index contributed by atoms with van der Waals surface area (Å²) in [7, 11) is 1.98. The zero-order chi connectivity index (χ0) is 9.68. The molecule has 0 fully saturated rings. The Labute approximate surface area is 77.7 Å². The third kappa shape index (κ3) is 3.75. The van der Waals surface area contributed by atoms with Crippen LogP contribution < -0.4 is 11.1 Å². The standard InChI is InChI=1S/C9H15N3O/c1-12-5-3-8(7-12)6-11-4-2-9(10)13/h3,5,7,11H,2,4,6H2,1H3,(H2,10,13). The molecule has 72 valence electrons. The second kappa shape index (κ2) is 4.67. The van der Waals surface area contributed by atoms with Crippen molar-refractivity contribution >= 4 is 5.91 Å². The SMILES string of the molecule is Cn1ccc(CNCCC(N)=O)c1. The maximum absolute atomic E-state index is 10.4. The van der Waals surface area contributed by atoms with E-state index in [-0.39, 0.29) is 5.91 Å². The summed E-state index contributed by atoms with van der Waals surface area (Å²) in [5, 5.41) is 3.13. The number of amides is 1. The third-order valence-corrected chi connectivity index (χ3v) is 1.77. The molecular formula is C9H15N3O. The molecule has 0 aliphatic rings. The van der Waals surface area contributed by atoms with Crippen LogP contribution in [0.2, 0.25) is 0 Å². The number of rotatable bonds is 5. The monoisotopic (exact) mass is 181 g/mol. The quantitative estimate of drug-likeness (QED) is 0.628. The lowest BCUT2D eigenvalue weighted by atomic mass is 10.3. The number of nitrogens with one attached hydrogen (secondary N) is 1. The van der Waals surface area contributed by atoms with Gasteiger partial charge in [0.25, 0.3) is 0 Å². The van der Waals surface area contributed by atoms with Crippen molar-refractivity contribution in [2.45, 2.75) is 13.0 Å². The van der Waals surface area contributed by atoms with Gasteiger partial charge in [0.15, 0.2) is 0 Å². The zero-order valence-corrected chi connectivity index (χ0v) is 7.79. The first kappa shape index (κ1) is 9.80. The van der Waals surface area contributed by atoms with Gasteiger partial charge < -0.3 is 15.6 Å². The van der Waals surface area contributed by atoms with E-state index in [1.807, 2.05) is 30.1 Å². The van der Waals surface area contributed by atoms with Gasteiger partial charge >= 0.3 is 0 Å². The van der Waals surface area contributed by atoms with Gasteiger partial charge in [0, 0.05) is 39.0 Å². The molecule has 0 aliphatic carbocycles. The Balaban J connectivity index is 2.16. The molecule has 0 saturated heterocycles. The molecule has 1 aromatic rings. The van der Waals surface area contributed by atoms with Gasteiger partial charge in [-0.3, -0.25) is 4.79 Å². The molecule has 0 bridgehead atoms. The number of hydrogen-bond donors (Lipinski definition) is 2. The number of nitrogens with two attached hydrogens (primary N) is 1. The fraction of sp³-hybridized carbons (Fsp3) is 0.444. The first-order valence-electron chi connectivity index (χ1n) is 4.28. The van der Waals surface area contributed by atoms with E-state index in [2.05, 4.69) is 5.32 Å². The molecule has 0 unspecified atom stereocenters. The van der Waals surface area contributed by atoms with Crippen molar-refractivity contribution < 1.29 is 4.79 Å². The third-order valence-electron chi connectivity index (χ3n) is 1.77. The van der Waals surface area contributed by atoms with Crippen molar-refractivity contribution in [3.63, 3.8) is 0 Å². The Morgan fingerprint density at radius 2 is 2.46 bits per heavy atom. The molecule has 0 atom stereocenters. The molecule has 0 saturated carbocycles. The number of carbonyl (C=O) groups excluding carboxylic acids is 1. The van der Waals surface area contributed by atoms with Gasteiger partial charge in [-0.2, -0.15) is 0 Å².